The molecule has 0 aliphatic carbocycles. The molecular weight excluding hydrogens is 296 g/mol. The van der Waals surface area contributed by atoms with Crippen molar-refractivity contribution in [1.82, 2.24) is 0 Å². The third-order valence-corrected chi connectivity index (χ3v) is 4.57. The Morgan fingerprint density at radius 2 is 2.00 bits per heavy atom. The van der Waals surface area contributed by atoms with Crippen LogP contribution in [0.15, 0.2) is 48.6 Å². The van der Waals surface area contributed by atoms with Crippen molar-refractivity contribution in [3.63, 3.8) is 0 Å². The highest BCUT2D eigenvalue weighted by Gasteiger charge is 2.33. The number of esters is 1. The van der Waals surface area contributed by atoms with Crippen LogP contribution in [0.3, 0.4) is 0 Å². The second-order valence-corrected chi connectivity index (χ2v) is 6.48. The van der Waals surface area contributed by atoms with Crippen molar-refractivity contribution in [2.45, 2.75) is 31.3 Å². The second kappa shape index (κ2) is 8.69. The largest absolute Gasteiger partial charge is 0.497 e. The predicted molar refractivity (Wildman–Crippen MR) is 93.3 cm³/mol. The molecule has 0 unspecified atom stereocenters. The van der Waals surface area contributed by atoms with E-state index in [0.717, 1.165) is 16.9 Å². The van der Waals surface area contributed by atoms with E-state index < -0.39 is 4.75 Å². The topological polar surface area (TPSA) is 35.5 Å². The molecule has 4 heteroatoms. The smallest absolute Gasteiger partial charge is 0.325 e. The minimum Gasteiger partial charge on any atom is -0.497 e. The summed E-state index contributed by atoms with van der Waals surface area (Å²) in [5, 5.41) is 0. The molecule has 0 bridgehead atoms. The molecule has 0 aromatic heterocycles. The van der Waals surface area contributed by atoms with Gasteiger partial charge in [-0.25, -0.2) is 0 Å². The number of allylic oxidation sites excluding steroid dienone is 2. The molecule has 120 valence electrons. The first-order chi connectivity index (χ1) is 10.4. The summed E-state index contributed by atoms with van der Waals surface area (Å²) in [6.07, 6.45) is 3.65. The average Bonchev–Trinajstić information content (AvgIpc) is 2.53. The summed E-state index contributed by atoms with van der Waals surface area (Å²) in [6, 6.07) is 7.84. The first-order valence-corrected chi connectivity index (χ1v) is 8.19. The SMILES string of the molecule is C=C/C(C)=C/[C@](C)(SCc1ccc(OC)cc1)C(=O)OCC. The van der Waals surface area contributed by atoms with Gasteiger partial charge in [-0.05, 0) is 38.5 Å². The molecule has 0 aliphatic heterocycles. The Balaban J connectivity index is 2.88. The van der Waals surface area contributed by atoms with Gasteiger partial charge in [0.25, 0.3) is 0 Å². The van der Waals surface area contributed by atoms with Crippen LogP contribution in [0.1, 0.15) is 26.3 Å². The van der Waals surface area contributed by atoms with Crippen LogP contribution in [0.4, 0.5) is 0 Å². The zero-order valence-electron chi connectivity index (χ0n) is 13.7. The minimum absolute atomic E-state index is 0.227. The summed E-state index contributed by atoms with van der Waals surface area (Å²) < 4.78 is 9.64. The molecule has 0 spiro atoms. The molecule has 1 aromatic rings. The first kappa shape index (κ1) is 18.4. The van der Waals surface area contributed by atoms with E-state index in [1.165, 1.54) is 0 Å². The van der Waals surface area contributed by atoms with Crippen molar-refractivity contribution < 1.29 is 14.3 Å². The molecule has 0 saturated heterocycles. The van der Waals surface area contributed by atoms with Crippen LogP contribution >= 0.6 is 11.8 Å². The molecular formula is C18H24O3S. The molecule has 0 saturated carbocycles. The fourth-order valence-corrected chi connectivity index (χ4v) is 2.99. The highest BCUT2D eigenvalue weighted by molar-refractivity contribution is 8.00. The Kier molecular flexibility index (Phi) is 7.25. The second-order valence-electron chi connectivity index (χ2n) is 5.06. The van der Waals surface area contributed by atoms with Gasteiger partial charge in [0.2, 0.25) is 0 Å². The van der Waals surface area contributed by atoms with Crippen molar-refractivity contribution in [2.24, 2.45) is 0 Å². The van der Waals surface area contributed by atoms with E-state index in [-0.39, 0.29) is 5.97 Å². The molecule has 0 aliphatic rings. The van der Waals surface area contributed by atoms with Crippen molar-refractivity contribution in [3.8, 4) is 5.75 Å². The molecule has 1 rings (SSSR count). The lowest BCUT2D eigenvalue weighted by molar-refractivity contribution is -0.144. The highest BCUT2D eigenvalue weighted by Crippen LogP contribution is 2.33. The maximum atomic E-state index is 12.3. The first-order valence-electron chi connectivity index (χ1n) is 7.21. The Morgan fingerprint density at radius 3 is 2.50 bits per heavy atom. The summed E-state index contributed by atoms with van der Waals surface area (Å²) in [5.74, 6) is 1.30. The Labute approximate surface area is 137 Å². The summed E-state index contributed by atoms with van der Waals surface area (Å²) >= 11 is 1.54. The van der Waals surface area contributed by atoms with Crippen LogP contribution in [0.5, 0.6) is 5.75 Å². The molecule has 0 heterocycles. The molecule has 3 nitrogen and oxygen atoms in total. The number of carbonyl (C=O) groups excluding carboxylic acids is 1. The van der Waals surface area contributed by atoms with Crippen molar-refractivity contribution in [1.29, 1.82) is 0 Å². The zero-order chi connectivity index (χ0) is 16.6. The fourth-order valence-electron chi connectivity index (χ4n) is 1.88. The molecule has 0 N–H and O–H groups in total. The van der Waals surface area contributed by atoms with Gasteiger partial charge in [-0.2, -0.15) is 0 Å². The standard InChI is InChI=1S/C18H24O3S/c1-6-14(3)12-18(4,17(19)21-7-2)22-13-15-8-10-16(20-5)11-9-15/h6,8-12H,1,7,13H2,2-5H3/b14-12+/t18-/m0/s1. The fraction of sp³-hybridized carbons (Fsp3) is 0.389. The summed E-state index contributed by atoms with van der Waals surface area (Å²) in [7, 11) is 1.64. The number of rotatable bonds is 8. The number of hydrogen-bond donors (Lipinski definition) is 0. The minimum atomic E-state index is -0.728. The molecule has 22 heavy (non-hydrogen) atoms. The van der Waals surface area contributed by atoms with E-state index in [9.17, 15) is 4.79 Å². The normalized spacial score (nSPS) is 14.1. The van der Waals surface area contributed by atoms with Gasteiger partial charge in [-0.1, -0.05) is 36.4 Å². The van der Waals surface area contributed by atoms with E-state index in [1.54, 1.807) is 24.9 Å². The van der Waals surface area contributed by atoms with E-state index in [2.05, 4.69) is 6.58 Å². The van der Waals surface area contributed by atoms with Gasteiger partial charge in [-0.15, -0.1) is 11.8 Å². The molecule has 1 atom stereocenters. The number of ether oxygens (including phenoxy) is 2. The van der Waals surface area contributed by atoms with Gasteiger partial charge >= 0.3 is 5.97 Å². The van der Waals surface area contributed by atoms with E-state index in [1.807, 2.05) is 51.1 Å². The third-order valence-electron chi connectivity index (χ3n) is 3.20. The molecule has 0 radical (unpaired) electrons. The van der Waals surface area contributed by atoms with Crippen LogP contribution in [-0.2, 0) is 15.3 Å². The van der Waals surface area contributed by atoms with Crippen LogP contribution in [-0.4, -0.2) is 24.4 Å². The van der Waals surface area contributed by atoms with Crippen molar-refractivity contribution in [3.05, 3.63) is 54.1 Å². The molecule has 0 fully saturated rings. The van der Waals surface area contributed by atoms with Gasteiger partial charge in [0, 0.05) is 5.75 Å². The van der Waals surface area contributed by atoms with Gasteiger partial charge in [0.15, 0.2) is 0 Å². The molecule has 0 amide bonds. The summed E-state index contributed by atoms with van der Waals surface area (Å²) in [6.45, 7) is 9.74. The monoisotopic (exact) mass is 320 g/mol. The van der Waals surface area contributed by atoms with Gasteiger partial charge < -0.3 is 9.47 Å². The quantitative estimate of drug-likeness (QED) is 0.526. The zero-order valence-corrected chi connectivity index (χ0v) is 14.5. The summed E-state index contributed by atoms with van der Waals surface area (Å²) in [4.78, 5) is 12.3. The Hall–Kier alpha value is -1.68. The van der Waals surface area contributed by atoms with Crippen molar-refractivity contribution >= 4 is 17.7 Å². The number of hydrogen-bond acceptors (Lipinski definition) is 4. The summed E-state index contributed by atoms with van der Waals surface area (Å²) in [5.41, 5.74) is 2.09. The van der Waals surface area contributed by atoms with E-state index in [4.69, 9.17) is 9.47 Å². The van der Waals surface area contributed by atoms with Crippen LogP contribution in [0.2, 0.25) is 0 Å². The van der Waals surface area contributed by atoms with Gasteiger partial charge in [-0.3, -0.25) is 4.79 Å². The van der Waals surface area contributed by atoms with Gasteiger partial charge in [0.1, 0.15) is 10.5 Å². The van der Waals surface area contributed by atoms with E-state index in [0.29, 0.717) is 12.4 Å². The number of thioether (sulfide) groups is 1. The molecule has 1 aromatic carbocycles. The van der Waals surface area contributed by atoms with E-state index >= 15 is 0 Å². The number of carbonyl (C=O) groups is 1. The lowest BCUT2D eigenvalue weighted by Crippen LogP contribution is -2.32. The van der Waals surface area contributed by atoms with Gasteiger partial charge in [0.05, 0.1) is 13.7 Å². The number of methoxy groups -OCH3 is 1. The predicted octanol–water partition coefficient (Wildman–Crippen LogP) is 4.38. The highest BCUT2D eigenvalue weighted by atomic mass is 32.2. The lowest BCUT2D eigenvalue weighted by atomic mass is 10.1. The third kappa shape index (κ3) is 5.26. The maximum absolute atomic E-state index is 12.3. The lowest BCUT2D eigenvalue weighted by Gasteiger charge is -2.24. The average molecular weight is 320 g/mol. The maximum Gasteiger partial charge on any atom is 0.325 e. The van der Waals surface area contributed by atoms with Crippen molar-refractivity contribution in [2.75, 3.05) is 13.7 Å². The van der Waals surface area contributed by atoms with Crippen LogP contribution in [0, 0.1) is 0 Å². The number of benzene rings is 1. The Morgan fingerprint density at radius 1 is 1.36 bits per heavy atom. The van der Waals surface area contributed by atoms with Crippen LogP contribution in [0.25, 0.3) is 0 Å². The Bertz CT molecular complexity index is 534. The van der Waals surface area contributed by atoms with Crippen LogP contribution < -0.4 is 4.74 Å².